The van der Waals surface area contributed by atoms with Gasteiger partial charge in [0.25, 0.3) is 5.76 Å². The molecule has 0 atom stereocenters. The highest BCUT2D eigenvalue weighted by atomic mass is 32.2. The second-order valence-electron chi connectivity index (χ2n) is 2.89. The van der Waals surface area contributed by atoms with Crippen LogP contribution >= 0.6 is 11.8 Å². The van der Waals surface area contributed by atoms with Crippen LogP contribution < -0.4 is 5.32 Å². The monoisotopic (exact) mass is 263 g/mol. The minimum Gasteiger partial charge on any atom is -0.447 e. The van der Waals surface area contributed by atoms with E-state index in [1.807, 2.05) is 0 Å². The molecule has 0 heterocycles. The number of carbonyl (C=O) groups is 1. The van der Waals surface area contributed by atoms with Crippen molar-refractivity contribution in [3.63, 3.8) is 0 Å². The van der Waals surface area contributed by atoms with Crippen LogP contribution in [-0.4, -0.2) is 30.2 Å². The maximum atomic E-state index is 12.0. The standard InChI is InChI=1S/C10H11F2NO3S/c11-9(12)17-8-3-1-7(2-4-8)13-10(15)16-6-5-14/h1-4,9,14H,5-6H2,(H,13,15). The van der Waals surface area contributed by atoms with Crippen LogP contribution in [0.15, 0.2) is 29.2 Å². The summed E-state index contributed by atoms with van der Waals surface area (Å²) in [5, 5.41) is 10.8. The van der Waals surface area contributed by atoms with E-state index in [0.29, 0.717) is 22.3 Å². The maximum Gasteiger partial charge on any atom is 0.411 e. The number of ether oxygens (including phenoxy) is 1. The van der Waals surface area contributed by atoms with Crippen LogP contribution in [0, 0.1) is 0 Å². The van der Waals surface area contributed by atoms with Crippen molar-refractivity contribution in [3.05, 3.63) is 24.3 Å². The van der Waals surface area contributed by atoms with Gasteiger partial charge in [-0.3, -0.25) is 5.32 Å². The number of alkyl halides is 2. The van der Waals surface area contributed by atoms with Crippen molar-refractivity contribution in [2.75, 3.05) is 18.5 Å². The van der Waals surface area contributed by atoms with Crippen LogP contribution in [0.25, 0.3) is 0 Å². The van der Waals surface area contributed by atoms with Gasteiger partial charge in [0.15, 0.2) is 0 Å². The molecule has 0 spiro atoms. The molecule has 0 aliphatic carbocycles. The summed E-state index contributed by atoms with van der Waals surface area (Å²) in [6.07, 6.45) is -0.701. The lowest BCUT2D eigenvalue weighted by Gasteiger charge is -2.06. The lowest BCUT2D eigenvalue weighted by molar-refractivity contribution is 0.131. The smallest absolute Gasteiger partial charge is 0.411 e. The molecule has 0 aliphatic rings. The Morgan fingerprint density at radius 1 is 1.41 bits per heavy atom. The highest BCUT2D eigenvalue weighted by molar-refractivity contribution is 7.99. The number of hydrogen-bond donors (Lipinski definition) is 2. The molecule has 1 amide bonds. The number of thioether (sulfide) groups is 1. The highest BCUT2D eigenvalue weighted by Gasteiger charge is 2.06. The number of nitrogens with one attached hydrogen (secondary N) is 1. The first-order valence-electron chi connectivity index (χ1n) is 4.71. The first-order valence-corrected chi connectivity index (χ1v) is 5.59. The highest BCUT2D eigenvalue weighted by Crippen LogP contribution is 2.26. The molecule has 17 heavy (non-hydrogen) atoms. The van der Waals surface area contributed by atoms with Crippen molar-refractivity contribution in [3.8, 4) is 0 Å². The first-order chi connectivity index (χ1) is 8.11. The second kappa shape index (κ2) is 7.08. The zero-order valence-corrected chi connectivity index (χ0v) is 9.55. The fraction of sp³-hybridized carbons (Fsp3) is 0.300. The molecule has 1 rings (SSSR count). The van der Waals surface area contributed by atoms with E-state index in [-0.39, 0.29) is 13.2 Å². The predicted molar refractivity (Wildman–Crippen MR) is 60.4 cm³/mol. The van der Waals surface area contributed by atoms with E-state index in [1.165, 1.54) is 24.3 Å². The molecule has 0 radical (unpaired) electrons. The molecule has 1 aromatic rings. The second-order valence-corrected chi connectivity index (χ2v) is 3.95. The van der Waals surface area contributed by atoms with Gasteiger partial charge in [0, 0.05) is 10.6 Å². The van der Waals surface area contributed by atoms with Crippen molar-refractivity contribution in [1.82, 2.24) is 0 Å². The van der Waals surface area contributed by atoms with Crippen molar-refractivity contribution >= 4 is 23.5 Å². The fourth-order valence-electron chi connectivity index (χ4n) is 1.01. The summed E-state index contributed by atoms with van der Waals surface area (Å²) in [6, 6.07) is 5.92. The minimum absolute atomic E-state index is 0.0921. The molecule has 4 nitrogen and oxygen atoms in total. The summed E-state index contributed by atoms with van der Waals surface area (Å²) in [4.78, 5) is 11.5. The van der Waals surface area contributed by atoms with E-state index in [0.717, 1.165) is 0 Å². The number of aliphatic hydroxyl groups excluding tert-OH is 1. The zero-order chi connectivity index (χ0) is 12.7. The van der Waals surface area contributed by atoms with Gasteiger partial charge in [-0.25, -0.2) is 4.79 Å². The Morgan fingerprint density at radius 2 is 2.06 bits per heavy atom. The molecule has 0 aliphatic heterocycles. The predicted octanol–water partition coefficient (Wildman–Crippen LogP) is 2.54. The number of halogens is 2. The summed E-state index contributed by atoms with van der Waals surface area (Å²) in [7, 11) is 0. The molecule has 1 aromatic carbocycles. The lowest BCUT2D eigenvalue weighted by atomic mass is 10.3. The van der Waals surface area contributed by atoms with Crippen molar-refractivity contribution in [2.24, 2.45) is 0 Å². The number of hydrogen-bond acceptors (Lipinski definition) is 4. The molecule has 0 saturated heterocycles. The Bertz CT molecular complexity index is 359. The van der Waals surface area contributed by atoms with Crippen LogP contribution in [0.5, 0.6) is 0 Å². The Kier molecular flexibility index (Phi) is 5.71. The lowest BCUT2D eigenvalue weighted by Crippen LogP contribution is -2.15. The van der Waals surface area contributed by atoms with E-state index in [9.17, 15) is 13.6 Å². The van der Waals surface area contributed by atoms with Gasteiger partial charge >= 0.3 is 6.09 Å². The van der Waals surface area contributed by atoms with Gasteiger partial charge in [-0.05, 0) is 24.3 Å². The van der Waals surface area contributed by atoms with Crippen molar-refractivity contribution in [1.29, 1.82) is 0 Å². The number of rotatable bonds is 5. The van der Waals surface area contributed by atoms with Crippen LogP contribution in [0.3, 0.4) is 0 Å². The summed E-state index contributed by atoms with van der Waals surface area (Å²) >= 11 is 0.430. The van der Waals surface area contributed by atoms with Gasteiger partial charge in [-0.2, -0.15) is 8.78 Å². The maximum absolute atomic E-state index is 12.0. The summed E-state index contributed by atoms with van der Waals surface area (Å²) in [5.74, 6) is -2.47. The number of anilines is 1. The normalized spacial score (nSPS) is 10.4. The van der Waals surface area contributed by atoms with Crippen molar-refractivity contribution in [2.45, 2.75) is 10.7 Å². The minimum atomic E-state index is -2.47. The Hall–Kier alpha value is -1.34. The van der Waals surface area contributed by atoms with E-state index >= 15 is 0 Å². The average molecular weight is 263 g/mol. The van der Waals surface area contributed by atoms with Gasteiger partial charge in [0.1, 0.15) is 6.61 Å². The molecule has 0 unspecified atom stereocenters. The molecule has 7 heteroatoms. The third-order valence-electron chi connectivity index (χ3n) is 1.65. The topological polar surface area (TPSA) is 58.6 Å². The zero-order valence-electron chi connectivity index (χ0n) is 8.73. The van der Waals surface area contributed by atoms with E-state index < -0.39 is 11.9 Å². The molecular formula is C10H11F2NO3S. The van der Waals surface area contributed by atoms with Gasteiger partial charge in [-0.15, -0.1) is 0 Å². The first kappa shape index (κ1) is 13.7. The molecular weight excluding hydrogens is 252 g/mol. The van der Waals surface area contributed by atoms with Crippen LogP contribution in [0.4, 0.5) is 19.3 Å². The fourth-order valence-corrected chi connectivity index (χ4v) is 1.51. The quantitative estimate of drug-likeness (QED) is 0.801. The third kappa shape index (κ3) is 5.50. The van der Waals surface area contributed by atoms with Crippen LogP contribution in [0.2, 0.25) is 0 Å². The van der Waals surface area contributed by atoms with Gasteiger partial charge in [0.2, 0.25) is 0 Å². The summed E-state index contributed by atoms with van der Waals surface area (Å²) in [6.45, 7) is -0.345. The van der Waals surface area contributed by atoms with E-state index in [4.69, 9.17) is 5.11 Å². The van der Waals surface area contributed by atoms with E-state index in [2.05, 4.69) is 10.1 Å². The molecule has 0 saturated carbocycles. The average Bonchev–Trinajstić information content (AvgIpc) is 2.28. The molecule has 0 fully saturated rings. The largest absolute Gasteiger partial charge is 0.447 e. The van der Waals surface area contributed by atoms with Gasteiger partial charge in [0.05, 0.1) is 6.61 Å². The SMILES string of the molecule is O=C(Nc1ccc(SC(F)F)cc1)OCCO. The summed E-state index contributed by atoms with van der Waals surface area (Å²) in [5.41, 5.74) is 0.437. The number of carbonyl (C=O) groups excluding carboxylic acids is 1. The molecule has 94 valence electrons. The Labute approximate surface area is 101 Å². The van der Waals surface area contributed by atoms with Crippen molar-refractivity contribution < 1.29 is 23.4 Å². The molecule has 0 bridgehead atoms. The molecule has 0 aromatic heterocycles. The van der Waals surface area contributed by atoms with Crippen LogP contribution in [0.1, 0.15) is 0 Å². The van der Waals surface area contributed by atoms with Crippen LogP contribution in [-0.2, 0) is 4.74 Å². The van der Waals surface area contributed by atoms with Gasteiger partial charge < -0.3 is 9.84 Å². The Morgan fingerprint density at radius 3 is 2.59 bits per heavy atom. The summed E-state index contributed by atoms with van der Waals surface area (Å²) < 4.78 is 28.6. The third-order valence-corrected chi connectivity index (χ3v) is 2.37. The van der Waals surface area contributed by atoms with Gasteiger partial charge in [-0.1, -0.05) is 11.8 Å². The number of benzene rings is 1. The number of amides is 1. The number of aliphatic hydroxyl groups is 1. The molecule has 2 N–H and O–H groups in total. The van der Waals surface area contributed by atoms with E-state index in [1.54, 1.807) is 0 Å². The Balaban J connectivity index is 2.47.